The number of aliphatic carboxylic acids is 1. The Hall–Kier alpha value is -0.610. The summed E-state index contributed by atoms with van der Waals surface area (Å²) in [5.74, 6) is -0.901. The summed E-state index contributed by atoms with van der Waals surface area (Å²) in [6.07, 6.45) is 3.99. The van der Waals surface area contributed by atoms with Gasteiger partial charge in [-0.05, 0) is 25.8 Å². The molecule has 4 N–H and O–H groups in total. The van der Waals surface area contributed by atoms with Gasteiger partial charge < -0.3 is 16.2 Å². The molecule has 1 rings (SSSR count). The minimum atomic E-state index is -0.901. The van der Waals surface area contributed by atoms with Gasteiger partial charge in [0, 0.05) is 6.04 Å². The van der Waals surface area contributed by atoms with Crippen LogP contribution >= 0.6 is 0 Å². The van der Waals surface area contributed by atoms with E-state index in [1.165, 1.54) is 12.8 Å². The summed E-state index contributed by atoms with van der Waals surface area (Å²) in [6.45, 7) is 0.997. The van der Waals surface area contributed by atoms with Crippen molar-refractivity contribution in [1.29, 1.82) is 0 Å². The highest BCUT2D eigenvalue weighted by atomic mass is 16.4. The second-order valence-corrected chi connectivity index (χ2v) is 3.33. The Morgan fingerprint density at radius 1 is 1.67 bits per heavy atom. The van der Waals surface area contributed by atoms with Crippen LogP contribution in [0.1, 0.15) is 25.7 Å². The van der Waals surface area contributed by atoms with E-state index in [1.807, 2.05) is 0 Å². The van der Waals surface area contributed by atoms with E-state index in [0.717, 1.165) is 13.0 Å². The van der Waals surface area contributed by atoms with Gasteiger partial charge in [-0.1, -0.05) is 6.42 Å². The fraction of sp³-hybridized carbons (Fsp3) is 0.875. The summed E-state index contributed by atoms with van der Waals surface area (Å²) >= 11 is 0. The van der Waals surface area contributed by atoms with Gasteiger partial charge in [0.1, 0.15) is 6.04 Å². The third kappa shape index (κ3) is 2.79. The molecule has 0 spiro atoms. The Kier molecular flexibility index (Phi) is 3.49. The normalized spacial score (nSPS) is 26.6. The van der Waals surface area contributed by atoms with Gasteiger partial charge in [0.2, 0.25) is 0 Å². The average Bonchev–Trinajstić information content (AvgIpc) is 2.06. The molecule has 0 aromatic heterocycles. The Morgan fingerprint density at radius 2 is 2.42 bits per heavy atom. The number of rotatable bonds is 3. The third-order valence-corrected chi connectivity index (χ3v) is 2.27. The van der Waals surface area contributed by atoms with Crippen molar-refractivity contribution >= 4 is 5.97 Å². The highest BCUT2D eigenvalue weighted by Crippen LogP contribution is 2.11. The monoisotopic (exact) mass is 172 g/mol. The van der Waals surface area contributed by atoms with Crippen LogP contribution in [0.4, 0.5) is 0 Å². The Bertz CT molecular complexity index is 155. The fourth-order valence-corrected chi connectivity index (χ4v) is 1.53. The molecule has 0 aromatic carbocycles. The standard InChI is InChI=1S/C8H16N2O2/c9-7(8(11)12)5-6-3-1-2-4-10-6/h6-7,10H,1-5,9H2,(H,11,12). The summed E-state index contributed by atoms with van der Waals surface area (Å²) in [6, 6.07) is -0.398. The average molecular weight is 172 g/mol. The van der Waals surface area contributed by atoms with Crippen molar-refractivity contribution in [3.8, 4) is 0 Å². The highest BCUT2D eigenvalue weighted by molar-refractivity contribution is 5.73. The molecule has 12 heavy (non-hydrogen) atoms. The number of piperidine rings is 1. The van der Waals surface area contributed by atoms with Crippen LogP contribution in [0, 0.1) is 0 Å². The van der Waals surface area contributed by atoms with Crippen LogP contribution in [0.5, 0.6) is 0 Å². The SMILES string of the molecule is NC(CC1CCCCN1)C(=O)O. The molecule has 4 nitrogen and oxygen atoms in total. The Morgan fingerprint density at radius 3 is 2.92 bits per heavy atom. The lowest BCUT2D eigenvalue weighted by Crippen LogP contribution is -2.42. The summed E-state index contributed by atoms with van der Waals surface area (Å²) < 4.78 is 0. The quantitative estimate of drug-likeness (QED) is 0.557. The maximum Gasteiger partial charge on any atom is 0.320 e. The minimum absolute atomic E-state index is 0.310. The Labute approximate surface area is 72.1 Å². The van der Waals surface area contributed by atoms with Gasteiger partial charge in [0.15, 0.2) is 0 Å². The van der Waals surface area contributed by atoms with Crippen LogP contribution in [0.3, 0.4) is 0 Å². The van der Waals surface area contributed by atoms with Crippen LogP contribution in [0.2, 0.25) is 0 Å². The molecule has 1 aliphatic rings. The lowest BCUT2D eigenvalue weighted by molar-refractivity contribution is -0.138. The van der Waals surface area contributed by atoms with E-state index in [2.05, 4.69) is 5.32 Å². The first-order chi connectivity index (χ1) is 5.70. The van der Waals surface area contributed by atoms with E-state index in [0.29, 0.717) is 12.5 Å². The summed E-state index contributed by atoms with van der Waals surface area (Å²) in [4.78, 5) is 10.4. The number of carboxylic acid groups (broad SMARTS) is 1. The topological polar surface area (TPSA) is 75.3 Å². The number of nitrogens with two attached hydrogens (primary N) is 1. The van der Waals surface area contributed by atoms with E-state index in [1.54, 1.807) is 0 Å². The molecule has 0 amide bonds. The maximum atomic E-state index is 10.4. The van der Waals surface area contributed by atoms with Gasteiger partial charge in [-0.25, -0.2) is 0 Å². The molecule has 4 heteroatoms. The molecule has 0 saturated carbocycles. The smallest absolute Gasteiger partial charge is 0.320 e. The molecule has 1 saturated heterocycles. The minimum Gasteiger partial charge on any atom is -0.480 e. The second kappa shape index (κ2) is 4.42. The van der Waals surface area contributed by atoms with Gasteiger partial charge in [0.05, 0.1) is 0 Å². The van der Waals surface area contributed by atoms with Crippen LogP contribution in [0.25, 0.3) is 0 Å². The first-order valence-corrected chi connectivity index (χ1v) is 4.42. The zero-order chi connectivity index (χ0) is 8.97. The Balaban J connectivity index is 2.24. The molecule has 2 unspecified atom stereocenters. The van der Waals surface area contributed by atoms with Gasteiger partial charge in [0.25, 0.3) is 0 Å². The van der Waals surface area contributed by atoms with E-state index < -0.39 is 12.0 Å². The van der Waals surface area contributed by atoms with E-state index >= 15 is 0 Å². The number of carboxylic acids is 1. The number of hydrogen-bond donors (Lipinski definition) is 3. The largest absolute Gasteiger partial charge is 0.480 e. The van der Waals surface area contributed by atoms with E-state index in [4.69, 9.17) is 10.8 Å². The predicted octanol–water partition coefficient (Wildman–Crippen LogP) is -0.0695. The lowest BCUT2D eigenvalue weighted by Gasteiger charge is -2.24. The molecule has 0 bridgehead atoms. The second-order valence-electron chi connectivity index (χ2n) is 3.33. The van der Waals surface area contributed by atoms with Gasteiger partial charge in [-0.15, -0.1) is 0 Å². The highest BCUT2D eigenvalue weighted by Gasteiger charge is 2.19. The summed E-state index contributed by atoms with van der Waals surface area (Å²) in [7, 11) is 0. The van der Waals surface area contributed by atoms with Crippen molar-refractivity contribution in [2.45, 2.75) is 37.8 Å². The molecular weight excluding hydrogens is 156 g/mol. The van der Waals surface area contributed by atoms with Crippen LogP contribution in [-0.4, -0.2) is 29.7 Å². The van der Waals surface area contributed by atoms with E-state index in [-0.39, 0.29) is 0 Å². The molecule has 1 aliphatic heterocycles. The van der Waals surface area contributed by atoms with Crippen molar-refractivity contribution in [1.82, 2.24) is 5.32 Å². The zero-order valence-corrected chi connectivity index (χ0v) is 7.12. The number of carbonyl (C=O) groups is 1. The lowest BCUT2D eigenvalue weighted by atomic mass is 9.98. The molecule has 0 aliphatic carbocycles. The van der Waals surface area contributed by atoms with Gasteiger partial charge >= 0.3 is 5.97 Å². The molecule has 0 aromatic rings. The number of hydrogen-bond acceptors (Lipinski definition) is 3. The summed E-state index contributed by atoms with van der Waals surface area (Å²) in [5, 5.41) is 11.8. The van der Waals surface area contributed by atoms with Crippen molar-refractivity contribution in [3.63, 3.8) is 0 Å². The molecule has 1 heterocycles. The molecule has 70 valence electrons. The zero-order valence-electron chi connectivity index (χ0n) is 7.12. The van der Waals surface area contributed by atoms with Crippen LogP contribution in [-0.2, 0) is 4.79 Å². The van der Waals surface area contributed by atoms with E-state index in [9.17, 15) is 4.79 Å². The fourth-order valence-electron chi connectivity index (χ4n) is 1.53. The van der Waals surface area contributed by atoms with Crippen molar-refractivity contribution < 1.29 is 9.90 Å². The first kappa shape index (κ1) is 9.48. The summed E-state index contributed by atoms with van der Waals surface area (Å²) in [5.41, 5.74) is 5.41. The number of nitrogens with one attached hydrogen (secondary N) is 1. The molecular formula is C8H16N2O2. The van der Waals surface area contributed by atoms with Gasteiger partial charge in [-0.3, -0.25) is 4.79 Å². The maximum absolute atomic E-state index is 10.4. The molecule has 1 fully saturated rings. The van der Waals surface area contributed by atoms with Crippen LogP contribution in [0.15, 0.2) is 0 Å². The van der Waals surface area contributed by atoms with Crippen molar-refractivity contribution in [2.75, 3.05) is 6.54 Å². The predicted molar refractivity (Wildman–Crippen MR) is 45.9 cm³/mol. The van der Waals surface area contributed by atoms with Crippen molar-refractivity contribution in [3.05, 3.63) is 0 Å². The third-order valence-electron chi connectivity index (χ3n) is 2.27. The first-order valence-electron chi connectivity index (χ1n) is 4.42. The molecule has 0 radical (unpaired) electrons. The van der Waals surface area contributed by atoms with Crippen LogP contribution < -0.4 is 11.1 Å². The van der Waals surface area contributed by atoms with Crippen molar-refractivity contribution in [2.24, 2.45) is 5.73 Å². The molecule has 2 atom stereocenters. The van der Waals surface area contributed by atoms with Gasteiger partial charge in [-0.2, -0.15) is 0 Å².